The number of amides is 2. The van der Waals surface area contributed by atoms with Crippen molar-refractivity contribution in [3.8, 4) is 5.75 Å². The molecule has 3 aromatic rings. The predicted molar refractivity (Wildman–Crippen MR) is 118 cm³/mol. The molecule has 30 heavy (non-hydrogen) atoms. The van der Waals surface area contributed by atoms with Gasteiger partial charge >= 0.3 is 11.8 Å². The number of hydrogen-bond donors (Lipinski definition) is 2. The normalized spacial score (nSPS) is 11.9. The maximum atomic E-state index is 12.2. The summed E-state index contributed by atoms with van der Waals surface area (Å²) >= 11 is 0. The van der Waals surface area contributed by atoms with Crippen molar-refractivity contribution in [3.05, 3.63) is 77.9 Å². The van der Waals surface area contributed by atoms with Gasteiger partial charge in [0.15, 0.2) is 0 Å². The van der Waals surface area contributed by atoms with Crippen LogP contribution < -0.4 is 15.5 Å². The first-order chi connectivity index (χ1) is 14.6. The summed E-state index contributed by atoms with van der Waals surface area (Å²) in [6.07, 6.45) is 2.39. The first-order valence-corrected chi connectivity index (χ1v) is 9.93. The molecule has 0 fully saturated rings. The lowest BCUT2D eigenvalue weighted by atomic mass is 10.0. The van der Waals surface area contributed by atoms with E-state index in [-0.39, 0.29) is 6.04 Å². The molecule has 3 aromatic carbocycles. The van der Waals surface area contributed by atoms with Gasteiger partial charge in [-0.05, 0) is 35.7 Å². The lowest BCUT2D eigenvalue weighted by Gasteiger charge is -2.13. The minimum atomic E-state index is -0.828. The summed E-state index contributed by atoms with van der Waals surface area (Å²) in [4.78, 5) is 24.3. The van der Waals surface area contributed by atoms with Crippen LogP contribution >= 0.6 is 0 Å². The van der Waals surface area contributed by atoms with Gasteiger partial charge in [-0.25, -0.2) is 5.43 Å². The van der Waals surface area contributed by atoms with Crippen molar-refractivity contribution < 1.29 is 14.3 Å². The van der Waals surface area contributed by atoms with E-state index in [2.05, 4.69) is 15.8 Å². The van der Waals surface area contributed by atoms with Gasteiger partial charge in [0.05, 0.1) is 18.9 Å². The van der Waals surface area contributed by atoms with E-state index in [4.69, 9.17) is 4.74 Å². The molecule has 0 heterocycles. The van der Waals surface area contributed by atoms with Gasteiger partial charge in [0.25, 0.3) is 0 Å². The zero-order valence-corrected chi connectivity index (χ0v) is 17.1. The predicted octanol–water partition coefficient (Wildman–Crippen LogP) is 3.96. The van der Waals surface area contributed by atoms with E-state index < -0.39 is 11.8 Å². The van der Waals surface area contributed by atoms with Crippen molar-refractivity contribution in [2.24, 2.45) is 5.10 Å². The molecule has 0 aliphatic rings. The van der Waals surface area contributed by atoms with Gasteiger partial charge in [0.1, 0.15) is 5.75 Å². The minimum Gasteiger partial charge on any atom is -0.493 e. The van der Waals surface area contributed by atoms with Gasteiger partial charge in [-0.3, -0.25) is 9.59 Å². The third kappa shape index (κ3) is 5.23. The molecular weight excluding hydrogens is 378 g/mol. The van der Waals surface area contributed by atoms with E-state index in [0.29, 0.717) is 12.4 Å². The standard InChI is InChI=1S/C24H25N3O3/c1-3-15-30-22-14-13-19-11-7-8-12-20(19)21(22)16-25-27-24(29)23(28)26-17(2)18-9-5-4-6-10-18/h4-14,16-17H,3,15H2,1-2H3,(H,26,28)(H,27,29)/b25-16-/t17-/m0/s1. The number of carbonyl (C=O) groups is 2. The summed E-state index contributed by atoms with van der Waals surface area (Å²) in [7, 11) is 0. The van der Waals surface area contributed by atoms with Crippen LogP contribution in [0, 0.1) is 0 Å². The monoisotopic (exact) mass is 403 g/mol. The molecule has 3 rings (SSSR count). The molecule has 2 N–H and O–H groups in total. The van der Waals surface area contributed by atoms with Gasteiger partial charge in [0, 0.05) is 5.56 Å². The lowest BCUT2D eigenvalue weighted by Crippen LogP contribution is -2.39. The summed E-state index contributed by atoms with van der Waals surface area (Å²) in [5.74, 6) is -0.898. The molecule has 1 atom stereocenters. The van der Waals surface area contributed by atoms with E-state index in [1.54, 1.807) is 0 Å². The average molecular weight is 403 g/mol. The smallest absolute Gasteiger partial charge is 0.329 e. The molecule has 0 bridgehead atoms. The highest BCUT2D eigenvalue weighted by Crippen LogP contribution is 2.26. The molecule has 0 aliphatic carbocycles. The van der Waals surface area contributed by atoms with Crippen LogP contribution in [0.3, 0.4) is 0 Å². The Morgan fingerprint density at radius 3 is 2.50 bits per heavy atom. The van der Waals surface area contributed by atoms with Gasteiger partial charge in [-0.1, -0.05) is 67.6 Å². The molecule has 2 amide bonds. The Morgan fingerprint density at radius 1 is 1.00 bits per heavy atom. The largest absolute Gasteiger partial charge is 0.493 e. The van der Waals surface area contributed by atoms with Gasteiger partial charge in [0.2, 0.25) is 0 Å². The fourth-order valence-electron chi connectivity index (χ4n) is 3.04. The molecule has 6 heteroatoms. The van der Waals surface area contributed by atoms with Crippen molar-refractivity contribution in [1.29, 1.82) is 0 Å². The lowest BCUT2D eigenvalue weighted by molar-refractivity contribution is -0.139. The molecule has 0 saturated heterocycles. The summed E-state index contributed by atoms with van der Waals surface area (Å²) in [6, 6.07) is 20.8. The zero-order valence-electron chi connectivity index (χ0n) is 17.1. The van der Waals surface area contributed by atoms with Crippen LogP contribution in [0.5, 0.6) is 5.75 Å². The van der Waals surface area contributed by atoms with Crippen LogP contribution in [-0.4, -0.2) is 24.6 Å². The van der Waals surface area contributed by atoms with E-state index >= 15 is 0 Å². The number of benzene rings is 3. The SMILES string of the molecule is CCCOc1ccc2ccccc2c1/C=N\NC(=O)C(=O)N[C@@H](C)c1ccccc1. The highest BCUT2D eigenvalue weighted by molar-refractivity contribution is 6.35. The van der Waals surface area contributed by atoms with Crippen LogP contribution in [-0.2, 0) is 9.59 Å². The topological polar surface area (TPSA) is 79.8 Å². The summed E-state index contributed by atoms with van der Waals surface area (Å²) in [5, 5.41) is 8.64. The van der Waals surface area contributed by atoms with Crippen LogP contribution in [0.4, 0.5) is 0 Å². The Kier molecular flexibility index (Phi) is 7.16. The maximum absolute atomic E-state index is 12.2. The number of nitrogens with one attached hydrogen (secondary N) is 2. The van der Waals surface area contributed by atoms with E-state index in [0.717, 1.165) is 28.3 Å². The summed E-state index contributed by atoms with van der Waals surface area (Å²) in [6.45, 7) is 4.42. The molecule has 0 saturated carbocycles. The number of carbonyl (C=O) groups excluding carboxylic acids is 2. The van der Waals surface area contributed by atoms with Crippen LogP contribution in [0.15, 0.2) is 71.8 Å². The van der Waals surface area contributed by atoms with Gasteiger partial charge in [-0.2, -0.15) is 5.10 Å². The third-order valence-corrected chi connectivity index (χ3v) is 4.61. The Balaban J connectivity index is 1.70. The van der Waals surface area contributed by atoms with Crippen molar-refractivity contribution in [2.75, 3.05) is 6.61 Å². The van der Waals surface area contributed by atoms with E-state index in [1.165, 1.54) is 6.21 Å². The van der Waals surface area contributed by atoms with Crippen LogP contribution in [0.25, 0.3) is 10.8 Å². The van der Waals surface area contributed by atoms with E-state index in [1.807, 2.05) is 80.6 Å². The molecule has 0 aromatic heterocycles. The van der Waals surface area contributed by atoms with Crippen molar-refractivity contribution in [3.63, 3.8) is 0 Å². The Hall–Kier alpha value is -3.67. The van der Waals surface area contributed by atoms with Crippen molar-refractivity contribution in [2.45, 2.75) is 26.3 Å². The number of hydrogen-bond acceptors (Lipinski definition) is 4. The second-order valence-corrected chi connectivity index (χ2v) is 6.85. The second kappa shape index (κ2) is 10.2. The highest BCUT2D eigenvalue weighted by Gasteiger charge is 2.16. The number of hydrazone groups is 1. The number of fused-ring (bicyclic) bond motifs is 1. The van der Waals surface area contributed by atoms with Gasteiger partial charge in [-0.15, -0.1) is 0 Å². The van der Waals surface area contributed by atoms with Gasteiger partial charge < -0.3 is 10.1 Å². The molecule has 154 valence electrons. The molecule has 6 nitrogen and oxygen atoms in total. The minimum absolute atomic E-state index is 0.291. The Labute approximate surface area is 175 Å². The Morgan fingerprint density at radius 2 is 1.73 bits per heavy atom. The second-order valence-electron chi connectivity index (χ2n) is 6.85. The highest BCUT2D eigenvalue weighted by atomic mass is 16.5. The fraction of sp³-hybridized carbons (Fsp3) is 0.208. The number of nitrogens with zero attached hydrogens (tertiary/aromatic N) is 1. The first kappa shape index (κ1) is 21.0. The average Bonchev–Trinajstić information content (AvgIpc) is 2.78. The maximum Gasteiger partial charge on any atom is 0.329 e. The van der Waals surface area contributed by atoms with Crippen molar-refractivity contribution in [1.82, 2.24) is 10.7 Å². The van der Waals surface area contributed by atoms with Crippen LogP contribution in [0.2, 0.25) is 0 Å². The zero-order chi connectivity index (χ0) is 21.3. The summed E-state index contributed by atoms with van der Waals surface area (Å²) < 4.78 is 5.82. The molecule has 0 radical (unpaired) electrons. The van der Waals surface area contributed by atoms with E-state index in [9.17, 15) is 9.59 Å². The molecule has 0 spiro atoms. The van der Waals surface area contributed by atoms with Crippen LogP contribution in [0.1, 0.15) is 37.4 Å². The van der Waals surface area contributed by atoms with Crippen molar-refractivity contribution >= 4 is 28.8 Å². The molecule has 0 unspecified atom stereocenters. The molecule has 0 aliphatic heterocycles. The summed E-state index contributed by atoms with van der Waals surface area (Å²) in [5.41, 5.74) is 3.96. The quantitative estimate of drug-likeness (QED) is 0.356. The molecular formula is C24H25N3O3. The Bertz CT molecular complexity index is 1050. The number of rotatable bonds is 7. The third-order valence-electron chi connectivity index (χ3n) is 4.61. The fourth-order valence-corrected chi connectivity index (χ4v) is 3.04. The first-order valence-electron chi connectivity index (χ1n) is 9.93. The number of ether oxygens (including phenoxy) is 1.